The van der Waals surface area contributed by atoms with Gasteiger partial charge in [-0.15, -0.1) is 0 Å². The number of benzene rings is 6. The van der Waals surface area contributed by atoms with Gasteiger partial charge in [-0.2, -0.15) is 0 Å². The highest BCUT2D eigenvalue weighted by atomic mass is 15.4. The molecule has 6 aromatic carbocycles. The summed E-state index contributed by atoms with van der Waals surface area (Å²) in [5.74, 6) is 7.13. The summed E-state index contributed by atoms with van der Waals surface area (Å²) >= 11 is 0. The highest BCUT2D eigenvalue weighted by molar-refractivity contribution is 5.91. The molecule has 1 atom stereocenters. The number of fused-ring (bicyclic) bond motifs is 1. The van der Waals surface area contributed by atoms with E-state index in [2.05, 4.69) is 145 Å². The molecule has 3 heteroatoms. The number of hydrazine groups is 1. The van der Waals surface area contributed by atoms with Crippen LogP contribution >= 0.6 is 0 Å². The van der Waals surface area contributed by atoms with E-state index in [1.54, 1.807) is 0 Å². The Kier molecular flexibility index (Phi) is 8.01. The maximum absolute atomic E-state index is 7.13. The molecular weight excluding hydrogens is 546 g/mol. The summed E-state index contributed by atoms with van der Waals surface area (Å²) in [6, 6.07) is 51.5. The molecule has 0 heterocycles. The highest BCUT2D eigenvalue weighted by Crippen LogP contribution is 2.44. The maximum Gasteiger partial charge on any atom is 0.0955 e. The molecule has 0 amide bonds. The molecule has 0 bridgehead atoms. The first kappa shape index (κ1) is 28.4. The lowest BCUT2D eigenvalue weighted by Gasteiger charge is -2.35. The minimum absolute atomic E-state index is 0.192. The zero-order valence-electron chi connectivity index (χ0n) is 25.5. The molecule has 1 aliphatic rings. The van der Waals surface area contributed by atoms with E-state index in [0.717, 1.165) is 29.8 Å². The first-order chi connectivity index (χ1) is 22.2. The van der Waals surface area contributed by atoms with Crippen molar-refractivity contribution in [2.75, 3.05) is 17.4 Å². The minimum Gasteiger partial charge on any atom is -0.388 e. The fraction of sp³-hybridized carbons (Fsp3) is 0.0952. The molecule has 0 fully saturated rings. The SMILES string of the molecule is CNc1cc(-c2ccccc2)ccc1C1=CCCC=C1C(c1ccc2ccc(-c3ccccc3)cc2c1)N(N)c1ccccc1. The number of nitrogens with two attached hydrogens (primary N) is 1. The van der Waals surface area contributed by atoms with E-state index in [-0.39, 0.29) is 6.04 Å². The third-order valence-corrected chi connectivity index (χ3v) is 8.79. The van der Waals surface area contributed by atoms with Crippen LogP contribution in [0.25, 0.3) is 38.6 Å². The van der Waals surface area contributed by atoms with E-state index >= 15 is 0 Å². The molecule has 0 aliphatic heterocycles. The van der Waals surface area contributed by atoms with Crippen molar-refractivity contribution >= 4 is 27.7 Å². The van der Waals surface area contributed by atoms with E-state index in [4.69, 9.17) is 5.84 Å². The van der Waals surface area contributed by atoms with Crippen molar-refractivity contribution in [2.24, 2.45) is 5.84 Å². The van der Waals surface area contributed by atoms with Gasteiger partial charge in [0.25, 0.3) is 0 Å². The summed E-state index contributed by atoms with van der Waals surface area (Å²) in [5.41, 5.74) is 11.7. The predicted octanol–water partition coefficient (Wildman–Crippen LogP) is 10.4. The Morgan fingerprint density at radius 2 is 1.18 bits per heavy atom. The van der Waals surface area contributed by atoms with E-state index in [0.29, 0.717) is 0 Å². The molecule has 220 valence electrons. The second-order valence-electron chi connectivity index (χ2n) is 11.6. The minimum atomic E-state index is -0.192. The van der Waals surface area contributed by atoms with E-state index in [1.807, 2.05) is 30.3 Å². The van der Waals surface area contributed by atoms with Gasteiger partial charge in [-0.1, -0.05) is 127 Å². The van der Waals surface area contributed by atoms with Crippen LogP contribution in [0.2, 0.25) is 0 Å². The van der Waals surface area contributed by atoms with Gasteiger partial charge in [-0.3, -0.25) is 5.01 Å². The van der Waals surface area contributed by atoms with Crippen LogP contribution in [0.1, 0.15) is 30.0 Å². The van der Waals surface area contributed by atoms with E-state index in [1.165, 1.54) is 49.7 Å². The van der Waals surface area contributed by atoms with Crippen LogP contribution in [0.15, 0.2) is 163 Å². The number of nitrogens with zero attached hydrogens (tertiary/aromatic N) is 1. The standard InChI is InChI=1S/C42H37N3/c1-44-41-29-34(31-15-7-3-8-16-31)25-26-39(41)38-19-11-12-20-40(38)42(45(43)37-17-9-4-10-18-37)35-24-22-32-21-23-33(27-36(32)28-35)30-13-5-2-6-14-30/h2-10,13-29,42,44H,11-12,43H2,1H3. The second kappa shape index (κ2) is 12.7. The zero-order chi connectivity index (χ0) is 30.6. The van der Waals surface area contributed by atoms with Gasteiger partial charge in [0.15, 0.2) is 0 Å². The lowest BCUT2D eigenvalue weighted by atomic mass is 9.82. The number of hydrogen-bond donors (Lipinski definition) is 2. The molecular formula is C42H37N3. The molecule has 3 nitrogen and oxygen atoms in total. The summed E-state index contributed by atoms with van der Waals surface area (Å²) < 4.78 is 0. The largest absolute Gasteiger partial charge is 0.388 e. The Morgan fingerprint density at radius 3 is 1.87 bits per heavy atom. The van der Waals surface area contributed by atoms with Gasteiger partial charge in [-0.25, -0.2) is 5.84 Å². The third kappa shape index (κ3) is 5.78. The van der Waals surface area contributed by atoms with Crippen LogP contribution in [0.4, 0.5) is 11.4 Å². The Morgan fingerprint density at radius 1 is 0.578 bits per heavy atom. The average Bonchev–Trinajstić information content (AvgIpc) is 3.12. The van der Waals surface area contributed by atoms with Gasteiger partial charge in [0.05, 0.1) is 11.7 Å². The maximum atomic E-state index is 7.13. The van der Waals surface area contributed by atoms with Crippen LogP contribution < -0.4 is 16.2 Å². The van der Waals surface area contributed by atoms with Gasteiger partial charge in [0, 0.05) is 18.3 Å². The van der Waals surface area contributed by atoms with Crippen molar-refractivity contribution in [1.29, 1.82) is 0 Å². The van der Waals surface area contributed by atoms with Crippen molar-refractivity contribution in [1.82, 2.24) is 0 Å². The quantitative estimate of drug-likeness (QED) is 0.138. The van der Waals surface area contributed by atoms with Crippen LogP contribution in [0, 0.1) is 0 Å². The molecule has 3 N–H and O–H groups in total. The molecule has 0 spiro atoms. The number of nitrogens with one attached hydrogen (secondary N) is 1. The van der Waals surface area contributed by atoms with E-state index in [9.17, 15) is 0 Å². The molecule has 0 saturated carbocycles. The van der Waals surface area contributed by atoms with Crippen LogP contribution in [-0.2, 0) is 0 Å². The summed E-state index contributed by atoms with van der Waals surface area (Å²) in [6.07, 6.45) is 6.73. The summed E-state index contributed by atoms with van der Waals surface area (Å²) in [7, 11) is 2.00. The molecule has 0 radical (unpaired) electrons. The normalized spacial score (nSPS) is 13.6. The van der Waals surface area contributed by atoms with Crippen molar-refractivity contribution in [3.8, 4) is 22.3 Å². The second-order valence-corrected chi connectivity index (χ2v) is 11.6. The van der Waals surface area contributed by atoms with Gasteiger partial charge in [0.1, 0.15) is 0 Å². The molecule has 45 heavy (non-hydrogen) atoms. The summed E-state index contributed by atoms with van der Waals surface area (Å²) in [5, 5.41) is 7.84. The van der Waals surface area contributed by atoms with E-state index < -0.39 is 0 Å². The van der Waals surface area contributed by atoms with Crippen LogP contribution in [-0.4, -0.2) is 7.05 Å². The fourth-order valence-electron chi connectivity index (χ4n) is 6.50. The average molecular weight is 584 g/mol. The van der Waals surface area contributed by atoms with Crippen LogP contribution in [0.3, 0.4) is 0 Å². The van der Waals surface area contributed by atoms with Gasteiger partial charge >= 0.3 is 0 Å². The smallest absolute Gasteiger partial charge is 0.0955 e. The number of para-hydroxylation sites is 1. The lowest BCUT2D eigenvalue weighted by Crippen LogP contribution is -2.37. The summed E-state index contributed by atoms with van der Waals surface area (Å²) in [6.45, 7) is 0. The fourth-order valence-corrected chi connectivity index (χ4v) is 6.50. The molecule has 7 rings (SSSR count). The first-order valence-corrected chi connectivity index (χ1v) is 15.7. The van der Waals surface area contributed by atoms with Gasteiger partial charge < -0.3 is 5.32 Å². The molecule has 1 unspecified atom stereocenters. The van der Waals surface area contributed by atoms with Crippen molar-refractivity contribution in [3.63, 3.8) is 0 Å². The molecule has 0 saturated heterocycles. The Balaban J connectivity index is 1.35. The third-order valence-electron chi connectivity index (χ3n) is 8.79. The predicted molar refractivity (Wildman–Crippen MR) is 192 cm³/mol. The number of anilines is 2. The van der Waals surface area contributed by atoms with Crippen molar-refractivity contribution in [3.05, 3.63) is 174 Å². The molecule has 6 aromatic rings. The van der Waals surface area contributed by atoms with Crippen LogP contribution in [0.5, 0.6) is 0 Å². The van der Waals surface area contributed by atoms with Crippen molar-refractivity contribution in [2.45, 2.75) is 18.9 Å². The Labute approximate surface area is 265 Å². The first-order valence-electron chi connectivity index (χ1n) is 15.7. The highest BCUT2D eigenvalue weighted by Gasteiger charge is 2.28. The lowest BCUT2D eigenvalue weighted by molar-refractivity contribution is 0.730. The van der Waals surface area contributed by atoms with Gasteiger partial charge in [0.2, 0.25) is 0 Å². The topological polar surface area (TPSA) is 41.3 Å². The number of hydrogen-bond acceptors (Lipinski definition) is 3. The monoisotopic (exact) mass is 583 g/mol. The Bertz CT molecular complexity index is 1990. The van der Waals surface area contributed by atoms with Crippen molar-refractivity contribution < 1.29 is 0 Å². The zero-order valence-corrected chi connectivity index (χ0v) is 25.5. The Hall–Kier alpha value is -5.38. The van der Waals surface area contributed by atoms with Gasteiger partial charge in [-0.05, 0) is 92.9 Å². The molecule has 0 aromatic heterocycles. The summed E-state index contributed by atoms with van der Waals surface area (Å²) in [4.78, 5) is 0. The molecule has 1 aliphatic carbocycles. The number of rotatable bonds is 8. The number of allylic oxidation sites excluding steroid dienone is 2.